The number of nitrogens with one attached hydrogen (secondary N) is 1. The molecule has 1 fully saturated rings. The zero-order chi connectivity index (χ0) is 18.4. The van der Waals surface area contributed by atoms with E-state index < -0.39 is 23.8 Å². The highest BCUT2D eigenvalue weighted by Crippen LogP contribution is 2.29. The van der Waals surface area contributed by atoms with Crippen molar-refractivity contribution in [3.63, 3.8) is 0 Å². The number of Topliss-reactive ketones (excluding diaryl/α,β-unsaturated/α-hetero) is 1. The van der Waals surface area contributed by atoms with Gasteiger partial charge in [0.15, 0.2) is 5.78 Å². The van der Waals surface area contributed by atoms with E-state index in [0.29, 0.717) is 5.56 Å². The summed E-state index contributed by atoms with van der Waals surface area (Å²) >= 11 is 0. The van der Waals surface area contributed by atoms with Gasteiger partial charge >= 0.3 is 6.09 Å². The van der Waals surface area contributed by atoms with Crippen molar-refractivity contribution in [2.45, 2.75) is 70.6 Å². The predicted octanol–water partition coefficient (Wildman–Crippen LogP) is 3.70. The van der Waals surface area contributed by atoms with Gasteiger partial charge in [0.05, 0.1) is 6.04 Å². The molecule has 0 saturated heterocycles. The molecule has 0 heterocycles. The van der Waals surface area contributed by atoms with Gasteiger partial charge in [-0.05, 0) is 39.5 Å². The van der Waals surface area contributed by atoms with E-state index in [0.717, 1.165) is 32.1 Å². The van der Waals surface area contributed by atoms with Crippen molar-refractivity contribution in [3.8, 4) is 0 Å². The molecule has 25 heavy (non-hydrogen) atoms. The maximum absolute atomic E-state index is 12.7. The van der Waals surface area contributed by atoms with E-state index in [1.807, 2.05) is 6.07 Å². The third kappa shape index (κ3) is 5.85. The molecule has 1 aliphatic carbocycles. The number of ketones is 1. The highest BCUT2D eigenvalue weighted by Gasteiger charge is 2.36. The van der Waals surface area contributed by atoms with Gasteiger partial charge in [0.1, 0.15) is 11.7 Å². The number of hydrogen-bond donors (Lipinski definition) is 2. The minimum Gasteiger partial charge on any atom is -0.444 e. The van der Waals surface area contributed by atoms with Crippen LogP contribution in [0.1, 0.15) is 63.2 Å². The zero-order valence-corrected chi connectivity index (χ0v) is 15.3. The first kappa shape index (κ1) is 19.4. The van der Waals surface area contributed by atoms with Crippen LogP contribution in [0.2, 0.25) is 0 Å². The van der Waals surface area contributed by atoms with Gasteiger partial charge in [0.25, 0.3) is 0 Å². The first-order valence-corrected chi connectivity index (χ1v) is 9.05. The van der Waals surface area contributed by atoms with Crippen LogP contribution in [-0.4, -0.2) is 34.7 Å². The Hall–Kier alpha value is -1.88. The molecule has 1 aliphatic rings. The zero-order valence-electron chi connectivity index (χ0n) is 15.3. The van der Waals surface area contributed by atoms with E-state index in [1.165, 1.54) is 0 Å². The lowest BCUT2D eigenvalue weighted by Crippen LogP contribution is -2.52. The normalized spacial score (nSPS) is 18.2. The fourth-order valence-electron chi connectivity index (χ4n) is 3.33. The first-order chi connectivity index (χ1) is 11.8. The number of ether oxygens (including phenoxy) is 1. The van der Waals surface area contributed by atoms with Gasteiger partial charge in [-0.25, -0.2) is 4.79 Å². The third-order valence-electron chi connectivity index (χ3n) is 4.51. The van der Waals surface area contributed by atoms with Crippen LogP contribution < -0.4 is 5.32 Å². The summed E-state index contributed by atoms with van der Waals surface area (Å²) in [6, 6.07) is 8.06. The second-order valence-corrected chi connectivity index (χ2v) is 7.75. The van der Waals surface area contributed by atoms with Gasteiger partial charge in [-0.15, -0.1) is 0 Å². The Balaban J connectivity index is 2.15. The third-order valence-corrected chi connectivity index (χ3v) is 4.51. The highest BCUT2D eigenvalue weighted by molar-refractivity contribution is 6.00. The lowest BCUT2D eigenvalue weighted by Gasteiger charge is -2.34. The Labute approximate surface area is 149 Å². The maximum Gasteiger partial charge on any atom is 0.407 e. The van der Waals surface area contributed by atoms with Crippen LogP contribution in [0.5, 0.6) is 0 Å². The SMILES string of the molecule is CC(C)(C)OC(=O)N[C@H](C1CCCCC1)[C@H](O)C(=O)c1ccccc1. The van der Waals surface area contributed by atoms with Gasteiger partial charge in [-0.2, -0.15) is 0 Å². The van der Waals surface area contributed by atoms with Crippen molar-refractivity contribution in [2.75, 3.05) is 0 Å². The van der Waals surface area contributed by atoms with Crippen LogP contribution in [0.3, 0.4) is 0 Å². The average Bonchev–Trinajstić information content (AvgIpc) is 2.58. The van der Waals surface area contributed by atoms with Crippen molar-refractivity contribution >= 4 is 11.9 Å². The van der Waals surface area contributed by atoms with Gasteiger partial charge in [0.2, 0.25) is 0 Å². The number of aliphatic hydroxyl groups is 1. The second-order valence-electron chi connectivity index (χ2n) is 7.75. The van der Waals surface area contributed by atoms with E-state index in [2.05, 4.69) is 5.32 Å². The molecule has 1 aromatic carbocycles. The molecule has 1 amide bonds. The Morgan fingerprint density at radius 2 is 1.72 bits per heavy atom. The number of carbonyl (C=O) groups excluding carboxylic acids is 2. The summed E-state index contributed by atoms with van der Waals surface area (Å²) in [5, 5.41) is 13.5. The summed E-state index contributed by atoms with van der Waals surface area (Å²) in [6.45, 7) is 5.36. The molecular formula is C20H29NO4. The molecule has 0 radical (unpaired) electrons. The van der Waals surface area contributed by atoms with E-state index >= 15 is 0 Å². The van der Waals surface area contributed by atoms with Crippen molar-refractivity contribution < 1.29 is 19.4 Å². The molecule has 0 aliphatic heterocycles. The summed E-state index contributed by atoms with van der Waals surface area (Å²) in [7, 11) is 0. The number of alkyl carbamates (subject to hydrolysis) is 1. The molecule has 0 aromatic heterocycles. The summed E-state index contributed by atoms with van der Waals surface area (Å²) in [6.07, 6.45) is 3.14. The van der Waals surface area contributed by atoms with E-state index in [9.17, 15) is 14.7 Å². The summed E-state index contributed by atoms with van der Waals surface area (Å²) in [4.78, 5) is 24.9. The Morgan fingerprint density at radius 3 is 2.28 bits per heavy atom. The van der Waals surface area contributed by atoms with Crippen LogP contribution in [0.15, 0.2) is 30.3 Å². The van der Waals surface area contributed by atoms with Crippen LogP contribution >= 0.6 is 0 Å². The molecular weight excluding hydrogens is 318 g/mol. The van der Waals surface area contributed by atoms with Crippen LogP contribution in [0, 0.1) is 5.92 Å². The molecule has 0 unspecified atom stereocenters. The van der Waals surface area contributed by atoms with E-state index in [-0.39, 0.29) is 11.7 Å². The number of benzene rings is 1. The van der Waals surface area contributed by atoms with Crippen molar-refractivity contribution in [1.29, 1.82) is 0 Å². The Kier molecular flexibility index (Phi) is 6.59. The molecule has 0 spiro atoms. The van der Waals surface area contributed by atoms with Gasteiger partial charge < -0.3 is 15.2 Å². The highest BCUT2D eigenvalue weighted by atomic mass is 16.6. The maximum atomic E-state index is 12.7. The molecule has 0 bridgehead atoms. The fraction of sp³-hybridized carbons (Fsp3) is 0.600. The minimum atomic E-state index is -1.28. The number of amides is 1. The largest absolute Gasteiger partial charge is 0.444 e. The fourth-order valence-corrected chi connectivity index (χ4v) is 3.33. The molecule has 5 heteroatoms. The summed E-state index contributed by atoms with van der Waals surface area (Å²) < 4.78 is 5.32. The van der Waals surface area contributed by atoms with Gasteiger partial charge in [0, 0.05) is 5.56 Å². The van der Waals surface area contributed by atoms with E-state index in [1.54, 1.807) is 45.0 Å². The summed E-state index contributed by atoms with van der Waals surface area (Å²) in [5.41, 5.74) is -0.183. The lowest BCUT2D eigenvalue weighted by atomic mass is 9.80. The molecule has 1 aromatic rings. The average molecular weight is 347 g/mol. The molecule has 5 nitrogen and oxygen atoms in total. The van der Waals surface area contributed by atoms with Crippen molar-refractivity contribution in [1.82, 2.24) is 5.32 Å². The Morgan fingerprint density at radius 1 is 1.12 bits per heavy atom. The monoisotopic (exact) mass is 347 g/mol. The molecule has 2 atom stereocenters. The quantitative estimate of drug-likeness (QED) is 0.796. The Bertz CT molecular complexity index is 573. The van der Waals surface area contributed by atoms with Crippen LogP contribution in [0.4, 0.5) is 4.79 Å². The molecule has 1 saturated carbocycles. The number of aliphatic hydroxyl groups excluding tert-OH is 1. The topological polar surface area (TPSA) is 75.6 Å². The molecule has 138 valence electrons. The van der Waals surface area contributed by atoms with Crippen molar-refractivity contribution in [3.05, 3.63) is 35.9 Å². The van der Waals surface area contributed by atoms with E-state index in [4.69, 9.17) is 4.74 Å². The predicted molar refractivity (Wildman–Crippen MR) is 96.5 cm³/mol. The van der Waals surface area contributed by atoms with Crippen molar-refractivity contribution in [2.24, 2.45) is 5.92 Å². The number of hydrogen-bond acceptors (Lipinski definition) is 4. The first-order valence-electron chi connectivity index (χ1n) is 9.05. The minimum absolute atomic E-state index is 0.0731. The lowest BCUT2D eigenvalue weighted by molar-refractivity contribution is 0.0317. The van der Waals surface area contributed by atoms with Gasteiger partial charge in [-0.1, -0.05) is 49.6 Å². The second kappa shape index (κ2) is 8.48. The van der Waals surface area contributed by atoms with Crippen LogP contribution in [0.25, 0.3) is 0 Å². The summed E-state index contributed by atoms with van der Waals surface area (Å²) in [5.74, 6) is -0.295. The number of rotatable bonds is 5. The molecule has 2 N–H and O–H groups in total. The van der Waals surface area contributed by atoms with Crippen LogP contribution in [-0.2, 0) is 4.74 Å². The smallest absolute Gasteiger partial charge is 0.407 e. The standard InChI is InChI=1S/C20H29NO4/c1-20(2,3)25-19(24)21-16(14-10-6-4-7-11-14)18(23)17(22)15-12-8-5-9-13-15/h5,8-9,12-14,16,18,23H,4,6-7,10-11H2,1-3H3,(H,21,24)/t16-,18+/m1/s1. The molecule has 2 rings (SSSR count). The number of carbonyl (C=O) groups is 2. The van der Waals surface area contributed by atoms with Gasteiger partial charge in [-0.3, -0.25) is 4.79 Å².